The first-order valence-corrected chi connectivity index (χ1v) is 6.92. The summed E-state index contributed by atoms with van der Waals surface area (Å²) >= 11 is 5.71. The van der Waals surface area contributed by atoms with E-state index in [0.717, 1.165) is 6.42 Å². The lowest BCUT2D eigenvalue weighted by Gasteiger charge is -2.24. The molecule has 0 spiro atoms. The minimum atomic E-state index is -3.46. The van der Waals surface area contributed by atoms with Gasteiger partial charge in [0.25, 0.3) is 0 Å². The van der Waals surface area contributed by atoms with Crippen molar-refractivity contribution in [3.63, 3.8) is 0 Å². The van der Waals surface area contributed by atoms with E-state index in [1.165, 1.54) is 12.1 Å². The molecule has 3 nitrogen and oxygen atoms in total. The molecule has 0 saturated carbocycles. The van der Waals surface area contributed by atoms with E-state index in [9.17, 15) is 8.42 Å². The monoisotopic (exact) mass is 261 g/mol. The first kappa shape index (κ1) is 13.5. The maximum absolute atomic E-state index is 12.0. The van der Waals surface area contributed by atoms with E-state index >= 15 is 0 Å². The van der Waals surface area contributed by atoms with Crippen LogP contribution < -0.4 is 4.72 Å². The number of benzene rings is 1. The Morgan fingerprint density at radius 1 is 1.25 bits per heavy atom. The lowest BCUT2D eigenvalue weighted by atomic mass is 10.0. The molecule has 0 bridgehead atoms. The molecule has 1 aromatic carbocycles. The quantitative estimate of drug-likeness (QED) is 0.906. The van der Waals surface area contributed by atoms with Crippen LogP contribution in [0.5, 0.6) is 0 Å². The fourth-order valence-corrected chi connectivity index (χ4v) is 2.72. The van der Waals surface area contributed by atoms with Gasteiger partial charge < -0.3 is 0 Å². The highest BCUT2D eigenvalue weighted by atomic mass is 35.5. The normalized spacial score (nSPS) is 12.8. The van der Waals surface area contributed by atoms with Gasteiger partial charge in [0.2, 0.25) is 10.0 Å². The molecule has 0 radical (unpaired) electrons. The molecule has 0 aliphatic heterocycles. The molecule has 0 fully saturated rings. The van der Waals surface area contributed by atoms with E-state index in [-0.39, 0.29) is 4.90 Å². The van der Waals surface area contributed by atoms with Gasteiger partial charge in [-0.2, -0.15) is 0 Å². The molecule has 0 saturated heterocycles. The average molecular weight is 262 g/mol. The number of hydrogen-bond donors (Lipinski definition) is 1. The van der Waals surface area contributed by atoms with Crippen molar-refractivity contribution in [1.82, 2.24) is 4.72 Å². The maximum Gasteiger partial charge on any atom is 0.241 e. The molecule has 1 N–H and O–H groups in total. The standard InChI is InChI=1S/C11H16ClNO2S/c1-4-11(2,3)13-16(14,15)10-7-5-9(12)6-8-10/h5-8,13H,4H2,1-3H3. The highest BCUT2D eigenvalue weighted by Gasteiger charge is 2.24. The Kier molecular flexibility index (Phi) is 3.99. The van der Waals surface area contributed by atoms with Gasteiger partial charge in [-0.3, -0.25) is 0 Å². The van der Waals surface area contributed by atoms with Crippen molar-refractivity contribution in [2.45, 2.75) is 37.6 Å². The summed E-state index contributed by atoms with van der Waals surface area (Å²) in [5, 5.41) is 0.522. The minimum Gasteiger partial charge on any atom is -0.207 e. The van der Waals surface area contributed by atoms with Gasteiger partial charge in [0.15, 0.2) is 0 Å². The van der Waals surface area contributed by atoms with Crippen molar-refractivity contribution >= 4 is 21.6 Å². The molecular formula is C11H16ClNO2S. The topological polar surface area (TPSA) is 46.2 Å². The molecule has 0 heterocycles. The van der Waals surface area contributed by atoms with Gasteiger partial charge >= 0.3 is 0 Å². The van der Waals surface area contributed by atoms with Crippen molar-refractivity contribution in [3.8, 4) is 0 Å². The molecular weight excluding hydrogens is 246 g/mol. The Bertz CT molecular complexity index is 451. The zero-order chi connectivity index (χ0) is 12.4. The van der Waals surface area contributed by atoms with Gasteiger partial charge in [-0.1, -0.05) is 18.5 Å². The van der Waals surface area contributed by atoms with Crippen molar-refractivity contribution in [1.29, 1.82) is 0 Å². The number of sulfonamides is 1. The Morgan fingerprint density at radius 2 is 1.75 bits per heavy atom. The van der Waals surface area contributed by atoms with Crippen LogP contribution >= 0.6 is 11.6 Å². The summed E-state index contributed by atoms with van der Waals surface area (Å²) in [6.07, 6.45) is 0.722. The third kappa shape index (κ3) is 3.47. The van der Waals surface area contributed by atoms with Crippen LogP contribution in [0.15, 0.2) is 29.2 Å². The zero-order valence-corrected chi connectivity index (χ0v) is 11.2. The van der Waals surface area contributed by atoms with Gasteiger partial charge in [0.1, 0.15) is 0 Å². The van der Waals surface area contributed by atoms with Gasteiger partial charge in [0.05, 0.1) is 4.90 Å². The number of hydrogen-bond acceptors (Lipinski definition) is 2. The van der Waals surface area contributed by atoms with Crippen LogP contribution in [-0.4, -0.2) is 14.0 Å². The summed E-state index contributed by atoms with van der Waals surface area (Å²) in [5.74, 6) is 0. The van der Waals surface area contributed by atoms with Crippen LogP contribution in [0.2, 0.25) is 5.02 Å². The van der Waals surface area contributed by atoms with Gasteiger partial charge in [-0.05, 0) is 44.5 Å². The van der Waals surface area contributed by atoms with E-state index in [2.05, 4.69) is 4.72 Å². The molecule has 0 aliphatic rings. The summed E-state index contributed by atoms with van der Waals surface area (Å²) in [6.45, 7) is 5.63. The molecule has 16 heavy (non-hydrogen) atoms. The summed E-state index contributed by atoms with van der Waals surface area (Å²) in [6, 6.07) is 6.12. The number of nitrogens with one attached hydrogen (secondary N) is 1. The van der Waals surface area contributed by atoms with Crippen LogP contribution in [0.3, 0.4) is 0 Å². The fraction of sp³-hybridized carbons (Fsp3) is 0.455. The molecule has 0 aromatic heterocycles. The third-order valence-corrected chi connectivity index (χ3v) is 4.38. The van der Waals surface area contributed by atoms with Crippen LogP contribution in [0.4, 0.5) is 0 Å². The Balaban J connectivity index is 2.99. The van der Waals surface area contributed by atoms with Crippen molar-refractivity contribution in [2.75, 3.05) is 0 Å². The summed E-state index contributed by atoms with van der Waals surface area (Å²) in [4.78, 5) is 0.235. The first-order chi connectivity index (χ1) is 7.27. The van der Waals surface area contributed by atoms with Crippen LogP contribution in [0.25, 0.3) is 0 Å². The molecule has 0 amide bonds. The SMILES string of the molecule is CCC(C)(C)NS(=O)(=O)c1ccc(Cl)cc1. The van der Waals surface area contributed by atoms with E-state index < -0.39 is 15.6 Å². The molecule has 0 unspecified atom stereocenters. The summed E-state index contributed by atoms with van der Waals surface area (Å²) in [5.41, 5.74) is -0.446. The largest absolute Gasteiger partial charge is 0.241 e. The Morgan fingerprint density at radius 3 is 2.19 bits per heavy atom. The van der Waals surface area contributed by atoms with Gasteiger partial charge in [0, 0.05) is 10.6 Å². The molecule has 1 aromatic rings. The highest BCUT2D eigenvalue weighted by Crippen LogP contribution is 2.17. The van der Waals surface area contributed by atoms with E-state index in [1.54, 1.807) is 12.1 Å². The van der Waals surface area contributed by atoms with Crippen molar-refractivity contribution in [3.05, 3.63) is 29.3 Å². The van der Waals surface area contributed by atoms with E-state index in [4.69, 9.17) is 11.6 Å². The van der Waals surface area contributed by atoms with Gasteiger partial charge in [-0.15, -0.1) is 0 Å². The Hall–Kier alpha value is -0.580. The lowest BCUT2D eigenvalue weighted by Crippen LogP contribution is -2.42. The molecule has 5 heteroatoms. The zero-order valence-electron chi connectivity index (χ0n) is 9.62. The molecule has 0 atom stereocenters. The number of halogens is 1. The van der Waals surface area contributed by atoms with E-state index in [1.807, 2.05) is 20.8 Å². The third-order valence-electron chi connectivity index (χ3n) is 2.42. The van der Waals surface area contributed by atoms with E-state index in [0.29, 0.717) is 5.02 Å². The van der Waals surface area contributed by atoms with Crippen molar-refractivity contribution in [2.24, 2.45) is 0 Å². The predicted molar refractivity (Wildman–Crippen MR) is 66.1 cm³/mol. The first-order valence-electron chi connectivity index (χ1n) is 5.06. The van der Waals surface area contributed by atoms with Crippen molar-refractivity contribution < 1.29 is 8.42 Å². The smallest absolute Gasteiger partial charge is 0.207 e. The fourth-order valence-electron chi connectivity index (χ4n) is 1.11. The second kappa shape index (κ2) is 4.73. The van der Waals surface area contributed by atoms with Crippen LogP contribution in [-0.2, 0) is 10.0 Å². The molecule has 1 rings (SSSR count). The number of rotatable bonds is 4. The highest BCUT2D eigenvalue weighted by molar-refractivity contribution is 7.89. The van der Waals surface area contributed by atoms with Crippen LogP contribution in [0.1, 0.15) is 27.2 Å². The molecule has 90 valence electrons. The molecule has 0 aliphatic carbocycles. The second-order valence-electron chi connectivity index (χ2n) is 4.30. The van der Waals surface area contributed by atoms with Gasteiger partial charge in [-0.25, -0.2) is 13.1 Å². The average Bonchev–Trinajstić information content (AvgIpc) is 2.17. The van der Waals surface area contributed by atoms with Crippen LogP contribution in [0, 0.1) is 0 Å². The summed E-state index contributed by atoms with van der Waals surface area (Å²) in [7, 11) is -3.46. The predicted octanol–water partition coefficient (Wildman–Crippen LogP) is 2.81. The minimum absolute atomic E-state index is 0.235. The second-order valence-corrected chi connectivity index (χ2v) is 6.42. The Labute approximate surface area is 102 Å². The lowest BCUT2D eigenvalue weighted by molar-refractivity contribution is 0.439. The maximum atomic E-state index is 12.0. The summed E-state index contributed by atoms with van der Waals surface area (Å²) < 4.78 is 26.6.